The molecule has 0 unspecified atom stereocenters. The number of aliphatic carboxylic acids is 1. The number of hydrogen-bond acceptors (Lipinski definition) is 7. The molecule has 26 heavy (non-hydrogen) atoms. The summed E-state index contributed by atoms with van der Waals surface area (Å²) in [5.41, 5.74) is 0.500. The minimum absolute atomic E-state index is 0.0216. The summed E-state index contributed by atoms with van der Waals surface area (Å²) in [7, 11) is 1.44. The number of aryl methyl sites for hydroxylation is 1. The van der Waals surface area contributed by atoms with Gasteiger partial charge in [0.1, 0.15) is 11.5 Å². The predicted octanol–water partition coefficient (Wildman–Crippen LogP) is 3.52. The number of carboxylic acids is 1. The van der Waals surface area contributed by atoms with Gasteiger partial charge >= 0.3 is 5.97 Å². The smallest absolute Gasteiger partial charge is 0.342 e. The fourth-order valence-corrected chi connectivity index (χ4v) is 2.84. The monoisotopic (exact) mass is 394 g/mol. The number of terminal acetylenes is 1. The highest BCUT2D eigenvalue weighted by atomic mass is 35.5. The number of benzene rings is 1. The lowest BCUT2D eigenvalue weighted by Crippen LogP contribution is -1.99. The fourth-order valence-electron chi connectivity index (χ4n) is 1.88. The van der Waals surface area contributed by atoms with Gasteiger partial charge in [-0.25, -0.2) is 4.79 Å². The van der Waals surface area contributed by atoms with Crippen LogP contribution in [0.15, 0.2) is 26.7 Å². The van der Waals surface area contributed by atoms with E-state index in [1.807, 2.05) is 6.92 Å². The summed E-state index contributed by atoms with van der Waals surface area (Å²) >= 11 is 7.04. The second-order valence-corrected chi connectivity index (χ2v) is 6.16. The second-order valence-electron chi connectivity index (χ2n) is 4.76. The van der Waals surface area contributed by atoms with Crippen LogP contribution < -0.4 is 9.47 Å². The lowest BCUT2D eigenvalue weighted by molar-refractivity contribution is -0.131. The molecule has 0 saturated carbocycles. The van der Waals surface area contributed by atoms with Crippen molar-refractivity contribution in [3.63, 3.8) is 0 Å². The van der Waals surface area contributed by atoms with Crippen molar-refractivity contribution in [3.8, 4) is 23.8 Å². The van der Waals surface area contributed by atoms with Crippen LogP contribution in [0, 0.1) is 12.3 Å². The first-order valence-corrected chi connectivity index (χ1v) is 8.56. The SMILES string of the molecule is C#CCOc1c(Cl)cc(/C=C(\Sc2nnc(CC)o2)C(=O)O)cc1OC. The molecule has 7 nitrogen and oxygen atoms in total. The summed E-state index contributed by atoms with van der Waals surface area (Å²) in [6.45, 7) is 1.88. The molecule has 1 heterocycles. The van der Waals surface area contributed by atoms with Gasteiger partial charge in [-0.2, -0.15) is 0 Å². The highest BCUT2D eigenvalue weighted by Gasteiger charge is 2.17. The second kappa shape index (κ2) is 9.17. The van der Waals surface area contributed by atoms with E-state index in [4.69, 9.17) is 31.9 Å². The molecule has 2 aromatic rings. The van der Waals surface area contributed by atoms with E-state index >= 15 is 0 Å². The van der Waals surface area contributed by atoms with E-state index in [1.165, 1.54) is 13.2 Å². The summed E-state index contributed by atoms with van der Waals surface area (Å²) in [6, 6.07) is 3.14. The van der Waals surface area contributed by atoms with Crippen LogP contribution in [0.4, 0.5) is 0 Å². The third-order valence-electron chi connectivity index (χ3n) is 3.01. The highest BCUT2D eigenvalue weighted by Crippen LogP contribution is 2.38. The molecule has 136 valence electrons. The van der Waals surface area contributed by atoms with Crippen molar-refractivity contribution in [2.45, 2.75) is 18.6 Å². The lowest BCUT2D eigenvalue weighted by Gasteiger charge is -2.12. The van der Waals surface area contributed by atoms with Gasteiger partial charge in [-0.1, -0.05) is 24.4 Å². The molecule has 1 aromatic heterocycles. The van der Waals surface area contributed by atoms with E-state index < -0.39 is 5.97 Å². The van der Waals surface area contributed by atoms with Gasteiger partial charge in [0.2, 0.25) is 5.89 Å². The van der Waals surface area contributed by atoms with Gasteiger partial charge in [0.25, 0.3) is 5.22 Å². The third kappa shape index (κ3) is 4.94. The fraction of sp³-hybridized carbons (Fsp3) is 0.235. The van der Waals surface area contributed by atoms with Gasteiger partial charge in [-0.3, -0.25) is 0 Å². The maximum absolute atomic E-state index is 11.5. The maximum atomic E-state index is 11.5. The van der Waals surface area contributed by atoms with Crippen LogP contribution in [-0.4, -0.2) is 35.0 Å². The first-order chi connectivity index (χ1) is 12.5. The van der Waals surface area contributed by atoms with Gasteiger partial charge < -0.3 is 19.0 Å². The topological polar surface area (TPSA) is 94.7 Å². The van der Waals surface area contributed by atoms with Crippen molar-refractivity contribution < 1.29 is 23.8 Å². The molecule has 0 aliphatic rings. The van der Waals surface area contributed by atoms with Gasteiger partial charge in [-0.15, -0.1) is 16.6 Å². The van der Waals surface area contributed by atoms with Crippen molar-refractivity contribution in [1.29, 1.82) is 0 Å². The third-order valence-corrected chi connectivity index (χ3v) is 4.14. The molecular weight excluding hydrogens is 380 g/mol. The number of aromatic nitrogens is 2. The molecule has 0 fully saturated rings. The Morgan fingerprint density at radius 1 is 1.50 bits per heavy atom. The molecule has 1 aromatic carbocycles. The number of methoxy groups -OCH3 is 1. The molecule has 0 radical (unpaired) electrons. The van der Waals surface area contributed by atoms with E-state index in [9.17, 15) is 9.90 Å². The molecule has 9 heteroatoms. The van der Waals surface area contributed by atoms with Crippen LogP contribution in [0.2, 0.25) is 5.02 Å². The summed E-state index contributed by atoms with van der Waals surface area (Å²) in [4.78, 5) is 11.5. The highest BCUT2D eigenvalue weighted by molar-refractivity contribution is 8.03. The Labute approximate surface area is 159 Å². The zero-order valence-electron chi connectivity index (χ0n) is 14.0. The molecule has 0 amide bonds. The summed E-state index contributed by atoms with van der Waals surface area (Å²) < 4.78 is 15.9. The largest absolute Gasteiger partial charge is 0.493 e. The van der Waals surface area contributed by atoms with E-state index in [0.717, 1.165) is 11.8 Å². The number of hydrogen-bond donors (Lipinski definition) is 1. The molecule has 0 atom stereocenters. The number of halogens is 1. The Hall–Kier alpha value is -2.63. The quantitative estimate of drug-likeness (QED) is 0.413. The van der Waals surface area contributed by atoms with Gasteiger partial charge in [0.15, 0.2) is 11.5 Å². The first kappa shape index (κ1) is 19.7. The van der Waals surface area contributed by atoms with Crippen LogP contribution in [0.1, 0.15) is 18.4 Å². The van der Waals surface area contributed by atoms with Gasteiger partial charge in [-0.05, 0) is 35.5 Å². The predicted molar refractivity (Wildman–Crippen MR) is 97.5 cm³/mol. The normalized spacial score (nSPS) is 11.1. The van der Waals surface area contributed by atoms with Crippen LogP contribution in [-0.2, 0) is 11.2 Å². The zero-order valence-corrected chi connectivity index (χ0v) is 15.6. The summed E-state index contributed by atoms with van der Waals surface area (Å²) in [5.74, 6) is 2.24. The molecule has 0 bridgehead atoms. The van der Waals surface area contributed by atoms with E-state index in [1.54, 1.807) is 12.1 Å². The average molecular weight is 395 g/mol. The minimum atomic E-state index is -1.14. The Balaban J connectivity index is 2.35. The number of rotatable bonds is 8. The summed E-state index contributed by atoms with van der Waals surface area (Å²) in [6.07, 6.45) is 7.16. The molecule has 1 N–H and O–H groups in total. The van der Waals surface area contributed by atoms with E-state index in [-0.39, 0.29) is 21.8 Å². The van der Waals surface area contributed by atoms with Gasteiger partial charge in [0.05, 0.1) is 12.1 Å². The lowest BCUT2D eigenvalue weighted by atomic mass is 10.2. The number of carboxylic acid groups (broad SMARTS) is 1. The van der Waals surface area contributed by atoms with E-state index in [0.29, 0.717) is 29.4 Å². The van der Waals surface area contributed by atoms with Crippen molar-refractivity contribution >= 4 is 35.4 Å². The molecule has 0 spiro atoms. The Kier molecular flexibility index (Phi) is 6.95. The molecule has 0 saturated heterocycles. The minimum Gasteiger partial charge on any atom is -0.493 e. The van der Waals surface area contributed by atoms with Crippen molar-refractivity contribution in [3.05, 3.63) is 33.5 Å². The van der Waals surface area contributed by atoms with Crippen LogP contribution in [0.3, 0.4) is 0 Å². The molecular formula is C17H15ClN2O5S. The zero-order chi connectivity index (χ0) is 19.1. The standard InChI is InChI=1S/C17H15ClN2O5S/c1-4-6-24-15-11(18)7-10(8-12(15)23-3)9-13(16(21)22)26-17-20-19-14(5-2)25-17/h1,7-9H,5-6H2,2-3H3,(H,21,22)/b13-9-. The first-order valence-electron chi connectivity index (χ1n) is 7.37. The van der Waals surface area contributed by atoms with Crippen molar-refractivity contribution in [2.75, 3.05) is 13.7 Å². The Morgan fingerprint density at radius 2 is 2.27 bits per heavy atom. The number of carbonyl (C=O) groups is 1. The van der Waals surface area contributed by atoms with Gasteiger partial charge in [0, 0.05) is 6.42 Å². The van der Waals surface area contributed by atoms with Crippen molar-refractivity contribution in [2.24, 2.45) is 0 Å². The van der Waals surface area contributed by atoms with Crippen molar-refractivity contribution in [1.82, 2.24) is 10.2 Å². The van der Waals surface area contributed by atoms with E-state index in [2.05, 4.69) is 16.1 Å². The average Bonchev–Trinajstić information content (AvgIpc) is 3.07. The van der Waals surface area contributed by atoms with Crippen LogP contribution >= 0.6 is 23.4 Å². The molecule has 0 aliphatic heterocycles. The summed E-state index contributed by atoms with van der Waals surface area (Å²) in [5, 5.41) is 17.4. The van der Waals surface area contributed by atoms with Crippen LogP contribution in [0.25, 0.3) is 6.08 Å². The number of nitrogens with zero attached hydrogens (tertiary/aromatic N) is 2. The molecule has 0 aliphatic carbocycles. The molecule has 2 rings (SSSR count). The number of thioether (sulfide) groups is 1. The number of ether oxygens (including phenoxy) is 2. The van der Waals surface area contributed by atoms with Crippen LogP contribution in [0.5, 0.6) is 11.5 Å². The maximum Gasteiger partial charge on any atom is 0.342 e. The Morgan fingerprint density at radius 3 is 2.85 bits per heavy atom. The Bertz CT molecular complexity index is 873.